The summed E-state index contributed by atoms with van der Waals surface area (Å²) < 4.78 is 45.8. The highest BCUT2D eigenvalue weighted by atomic mass is 32.2. The lowest BCUT2D eigenvalue weighted by atomic mass is 10.0. The number of amides is 2. The van der Waals surface area contributed by atoms with E-state index in [0.29, 0.717) is 36.6 Å². The van der Waals surface area contributed by atoms with E-state index in [2.05, 4.69) is 10.3 Å². The van der Waals surface area contributed by atoms with Crippen LogP contribution >= 0.6 is 0 Å². The number of ether oxygens (including phenoxy) is 1. The van der Waals surface area contributed by atoms with E-state index in [1.165, 1.54) is 12.3 Å². The van der Waals surface area contributed by atoms with Crippen molar-refractivity contribution in [2.45, 2.75) is 38.5 Å². The predicted octanol–water partition coefficient (Wildman–Crippen LogP) is 2.67. The maximum absolute atomic E-state index is 14.0. The van der Waals surface area contributed by atoms with E-state index in [1.54, 1.807) is 19.1 Å². The fraction of sp³-hybridized carbons (Fsp3) is 0.476. The minimum atomic E-state index is -3.37. The Labute approximate surface area is 179 Å². The number of aromatic nitrogens is 2. The number of carbonyl (C=O) groups is 2. The molecular weight excluding hydrogens is 425 g/mol. The smallest absolute Gasteiger partial charge is 0.334 e. The molecule has 1 aliphatic carbocycles. The van der Waals surface area contributed by atoms with Crippen LogP contribution < -0.4 is 10.1 Å². The third-order valence-electron chi connectivity index (χ3n) is 5.49. The van der Waals surface area contributed by atoms with Crippen LogP contribution in [0.4, 0.5) is 9.18 Å². The van der Waals surface area contributed by atoms with Gasteiger partial charge in [-0.3, -0.25) is 10.1 Å². The summed E-state index contributed by atoms with van der Waals surface area (Å²) in [5, 5.41) is 2.13. The largest absolute Gasteiger partial charge is 0.490 e. The molecule has 2 aliphatic rings. The van der Waals surface area contributed by atoms with Crippen molar-refractivity contribution in [1.82, 2.24) is 14.9 Å². The van der Waals surface area contributed by atoms with Crippen molar-refractivity contribution < 1.29 is 27.1 Å². The highest BCUT2D eigenvalue weighted by Gasteiger charge is 2.29. The van der Waals surface area contributed by atoms with Gasteiger partial charge in [-0.25, -0.2) is 27.2 Å². The molecule has 1 aliphatic heterocycles. The van der Waals surface area contributed by atoms with Crippen LogP contribution in [0.1, 0.15) is 54.0 Å². The van der Waals surface area contributed by atoms with Gasteiger partial charge in [-0.2, -0.15) is 0 Å². The Morgan fingerprint density at radius 1 is 1.32 bits per heavy atom. The quantitative estimate of drug-likeness (QED) is 0.598. The van der Waals surface area contributed by atoms with Crippen LogP contribution in [0.2, 0.25) is 0 Å². The minimum absolute atomic E-state index is 0.0208. The van der Waals surface area contributed by atoms with Crippen LogP contribution in [0.5, 0.6) is 5.75 Å². The maximum Gasteiger partial charge on any atom is 0.334 e. The number of hydrogen-bond donors (Lipinski definition) is 1. The third kappa shape index (κ3) is 5.12. The van der Waals surface area contributed by atoms with Crippen LogP contribution in [0.3, 0.4) is 0 Å². The molecule has 0 spiro atoms. The number of fused-ring (bicyclic) bond motifs is 1. The molecule has 1 atom stereocenters. The van der Waals surface area contributed by atoms with Crippen molar-refractivity contribution in [2.75, 3.05) is 18.1 Å². The lowest BCUT2D eigenvalue weighted by molar-refractivity contribution is 0.0971. The molecule has 1 aromatic heterocycles. The number of aryl methyl sites for hydroxylation is 1. The van der Waals surface area contributed by atoms with E-state index in [9.17, 15) is 22.4 Å². The van der Waals surface area contributed by atoms with E-state index in [1.807, 2.05) is 0 Å². The van der Waals surface area contributed by atoms with Crippen LogP contribution in [0, 0.1) is 11.7 Å². The fourth-order valence-electron chi connectivity index (χ4n) is 3.54. The molecule has 8 nitrogen and oxygen atoms in total. The highest BCUT2D eigenvalue weighted by molar-refractivity contribution is 7.91. The third-order valence-corrected chi connectivity index (χ3v) is 7.40. The Hall–Kier alpha value is -2.75. The molecule has 2 amide bonds. The molecule has 31 heavy (non-hydrogen) atoms. The van der Waals surface area contributed by atoms with Crippen molar-refractivity contribution in [3.63, 3.8) is 0 Å². The SMILES string of the molecule is C[C@@H](CS(=O)(=O)CCCc1cn2c(n1)C(=O)NC2=O)c1ccc(F)c(OCC2CC2)c1. The number of sulfone groups is 1. The van der Waals surface area contributed by atoms with Gasteiger partial charge in [0.2, 0.25) is 5.82 Å². The zero-order valence-corrected chi connectivity index (χ0v) is 18.0. The first-order valence-electron chi connectivity index (χ1n) is 10.3. The van der Waals surface area contributed by atoms with E-state index in [4.69, 9.17) is 4.74 Å². The average Bonchev–Trinajstić information content (AvgIpc) is 3.37. The summed E-state index contributed by atoms with van der Waals surface area (Å²) in [5.74, 6) is -0.757. The Morgan fingerprint density at radius 3 is 2.81 bits per heavy atom. The molecule has 1 fully saturated rings. The number of nitrogens with one attached hydrogen (secondary N) is 1. The number of imide groups is 1. The van der Waals surface area contributed by atoms with Gasteiger partial charge in [0.25, 0.3) is 5.91 Å². The lowest BCUT2D eigenvalue weighted by Crippen LogP contribution is -2.22. The van der Waals surface area contributed by atoms with Crippen molar-refractivity contribution in [1.29, 1.82) is 0 Å². The number of nitrogens with zero attached hydrogens (tertiary/aromatic N) is 2. The van der Waals surface area contributed by atoms with E-state index in [-0.39, 0.29) is 29.0 Å². The lowest BCUT2D eigenvalue weighted by Gasteiger charge is -2.15. The van der Waals surface area contributed by atoms with Gasteiger partial charge >= 0.3 is 6.03 Å². The number of imidazole rings is 1. The van der Waals surface area contributed by atoms with E-state index in [0.717, 1.165) is 17.4 Å². The van der Waals surface area contributed by atoms with Gasteiger partial charge < -0.3 is 4.74 Å². The maximum atomic E-state index is 14.0. The van der Waals surface area contributed by atoms with E-state index < -0.39 is 27.6 Å². The number of halogens is 1. The minimum Gasteiger partial charge on any atom is -0.490 e. The molecule has 0 bridgehead atoms. The van der Waals surface area contributed by atoms with Crippen molar-refractivity contribution in [3.05, 3.63) is 47.3 Å². The van der Waals surface area contributed by atoms with Gasteiger partial charge in [0.1, 0.15) is 0 Å². The molecule has 2 aromatic rings. The van der Waals surface area contributed by atoms with Gasteiger partial charge in [0.15, 0.2) is 21.4 Å². The Balaban J connectivity index is 1.31. The molecule has 1 aromatic carbocycles. The van der Waals surface area contributed by atoms with Gasteiger partial charge in [-0.15, -0.1) is 0 Å². The number of rotatable bonds is 10. The average molecular weight is 450 g/mol. The first-order chi connectivity index (χ1) is 14.7. The topological polar surface area (TPSA) is 107 Å². The second kappa shape index (κ2) is 8.41. The van der Waals surface area contributed by atoms with Gasteiger partial charge in [0, 0.05) is 6.20 Å². The molecule has 1 saturated carbocycles. The van der Waals surface area contributed by atoms with Crippen molar-refractivity contribution in [3.8, 4) is 5.75 Å². The summed E-state index contributed by atoms with van der Waals surface area (Å²) in [5.41, 5.74) is 1.21. The van der Waals surface area contributed by atoms with Gasteiger partial charge in [0.05, 0.1) is 23.8 Å². The van der Waals surface area contributed by atoms with E-state index >= 15 is 0 Å². The van der Waals surface area contributed by atoms with Crippen molar-refractivity contribution >= 4 is 21.8 Å². The van der Waals surface area contributed by atoms with Crippen LogP contribution in [-0.4, -0.2) is 48.0 Å². The Kier molecular flexibility index (Phi) is 5.83. The summed E-state index contributed by atoms with van der Waals surface area (Å²) >= 11 is 0. The second-order valence-corrected chi connectivity index (χ2v) is 10.5. The summed E-state index contributed by atoms with van der Waals surface area (Å²) in [6, 6.07) is 3.94. The first kappa shape index (κ1) is 21.5. The Morgan fingerprint density at radius 2 is 2.10 bits per heavy atom. The monoisotopic (exact) mass is 449 g/mol. The summed E-state index contributed by atoms with van der Waals surface area (Å²) in [6.07, 6.45) is 4.30. The second-order valence-electron chi connectivity index (χ2n) is 8.25. The molecule has 2 heterocycles. The molecule has 10 heteroatoms. The van der Waals surface area contributed by atoms with Crippen LogP contribution in [0.15, 0.2) is 24.4 Å². The summed E-state index contributed by atoms with van der Waals surface area (Å²) in [7, 11) is -3.37. The molecule has 4 rings (SSSR count). The van der Waals surface area contributed by atoms with Gasteiger partial charge in [-0.05, 0) is 55.2 Å². The van der Waals surface area contributed by atoms with Gasteiger partial charge in [-0.1, -0.05) is 13.0 Å². The predicted molar refractivity (Wildman–Crippen MR) is 110 cm³/mol. The zero-order chi connectivity index (χ0) is 22.2. The van der Waals surface area contributed by atoms with Crippen LogP contribution in [0.25, 0.3) is 0 Å². The zero-order valence-electron chi connectivity index (χ0n) is 17.1. The first-order valence-corrected chi connectivity index (χ1v) is 12.1. The molecule has 166 valence electrons. The molecule has 0 unspecified atom stereocenters. The summed E-state index contributed by atoms with van der Waals surface area (Å²) in [4.78, 5) is 27.2. The normalized spacial score (nSPS) is 16.8. The fourth-order valence-corrected chi connectivity index (χ4v) is 5.25. The number of hydrogen-bond acceptors (Lipinski definition) is 6. The molecule has 0 radical (unpaired) electrons. The molecule has 0 saturated heterocycles. The number of carbonyl (C=O) groups excluding carboxylic acids is 2. The van der Waals surface area contributed by atoms with Crippen molar-refractivity contribution in [2.24, 2.45) is 5.92 Å². The highest BCUT2D eigenvalue weighted by Crippen LogP contribution is 2.31. The summed E-state index contributed by atoms with van der Waals surface area (Å²) in [6.45, 7) is 2.28. The standard InChI is InChI=1S/C21H24FN3O5S/c1-13(15-6-7-17(22)18(9-15)30-11-14-4-5-14)12-31(28,29)8-2-3-16-10-25-19(23-16)20(26)24-21(25)27/h6-7,9-10,13-14H,2-5,8,11-12H2,1H3,(H,24,26,27)/t13-/m0/s1. The molecular formula is C21H24FN3O5S. The number of benzene rings is 1. The van der Waals surface area contributed by atoms with Crippen LogP contribution in [-0.2, 0) is 16.3 Å². The Bertz CT molecular complexity index is 1090. The molecule has 1 N–H and O–H groups in total.